The molecule has 16 heavy (non-hydrogen) atoms. The van der Waals surface area contributed by atoms with Gasteiger partial charge in [-0.2, -0.15) is 0 Å². The van der Waals surface area contributed by atoms with Crippen LogP contribution in [0, 0.1) is 10.1 Å². The molecule has 0 aliphatic heterocycles. The van der Waals surface area contributed by atoms with Gasteiger partial charge in [0.1, 0.15) is 5.56 Å². The fourth-order valence-electron chi connectivity index (χ4n) is 1.11. The van der Waals surface area contributed by atoms with Crippen LogP contribution in [0.3, 0.4) is 0 Å². The minimum absolute atomic E-state index is 0.0292. The predicted molar refractivity (Wildman–Crippen MR) is 64.2 cm³/mol. The number of nitro groups is 1. The molecule has 1 amide bonds. The molecule has 0 aromatic heterocycles. The molecule has 0 unspecified atom stereocenters. The van der Waals surface area contributed by atoms with E-state index in [0.29, 0.717) is 11.9 Å². The molecule has 0 spiro atoms. The van der Waals surface area contributed by atoms with Crippen LogP contribution in [0.5, 0.6) is 0 Å². The fourth-order valence-corrected chi connectivity index (χ4v) is 1.48. The van der Waals surface area contributed by atoms with E-state index in [1.165, 1.54) is 18.2 Å². The smallest absolute Gasteiger partial charge is 0.282 e. The lowest BCUT2D eigenvalue weighted by molar-refractivity contribution is -0.385. The molecule has 0 saturated heterocycles. The molecule has 0 atom stereocenters. The zero-order valence-corrected chi connectivity index (χ0v) is 10.4. The first-order chi connectivity index (χ1) is 7.56. The van der Waals surface area contributed by atoms with Gasteiger partial charge in [0.2, 0.25) is 0 Å². The summed E-state index contributed by atoms with van der Waals surface area (Å²) in [6.45, 7) is 0.391. The number of carbonyl (C=O) groups is 1. The van der Waals surface area contributed by atoms with E-state index in [1.807, 2.05) is 0 Å². The highest BCUT2D eigenvalue weighted by Gasteiger charge is 2.19. The number of carbonyl (C=O) groups excluding carboxylic acids is 1. The summed E-state index contributed by atoms with van der Waals surface area (Å²) >= 11 is 8.83. The van der Waals surface area contributed by atoms with Gasteiger partial charge in [0.15, 0.2) is 0 Å². The maximum absolute atomic E-state index is 11.6. The van der Waals surface area contributed by atoms with Crippen molar-refractivity contribution in [1.82, 2.24) is 5.32 Å². The van der Waals surface area contributed by atoms with E-state index < -0.39 is 10.8 Å². The zero-order chi connectivity index (χ0) is 12.1. The SMILES string of the molecule is O=C(NCCBr)c1cc(Cl)ccc1[N+](=O)[O-]. The maximum atomic E-state index is 11.6. The van der Waals surface area contributed by atoms with Gasteiger partial charge in [-0.3, -0.25) is 14.9 Å². The molecule has 0 fully saturated rings. The Hall–Kier alpha value is -1.14. The van der Waals surface area contributed by atoms with Crippen LogP contribution >= 0.6 is 27.5 Å². The number of nitro benzene ring substituents is 1. The average molecular weight is 308 g/mol. The molecule has 0 aliphatic rings. The number of alkyl halides is 1. The van der Waals surface area contributed by atoms with Gasteiger partial charge in [0.25, 0.3) is 11.6 Å². The molecule has 5 nitrogen and oxygen atoms in total. The number of nitrogens with zero attached hydrogens (tertiary/aromatic N) is 1. The second kappa shape index (κ2) is 5.81. The van der Waals surface area contributed by atoms with E-state index in [1.54, 1.807) is 0 Å². The monoisotopic (exact) mass is 306 g/mol. The third kappa shape index (κ3) is 3.18. The van der Waals surface area contributed by atoms with Gasteiger partial charge >= 0.3 is 0 Å². The van der Waals surface area contributed by atoms with Crippen molar-refractivity contribution in [2.24, 2.45) is 0 Å². The van der Waals surface area contributed by atoms with Gasteiger partial charge in [-0.25, -0.2) is 0 Å². The van der Waals surface area contributed by atoms with Gasteiger partial charge < -0.3 is 5.32 Å². The lowest BCUT2D eigenvalue weighted by Gasteiger charge is -2.04. The molecule has 0 saturated carbocycles. The van der Waals surface area contributed by atoms with Crippen molar-refractivity contribution >= 4 is 39.1 Å². The summed E-state index contributed by atoms with van der Waals surface area (Å²) in [6.07, 6.45) is 0. The quantitative estimate of drug-likeness (QED) is 0.527. The van der Waals surface area contributed by atoms with Crippen molar-refractivity contribution in [2.45, 2.75) is 0 Å². The molecule has 0 aliphatic carbocycles. The molecule has 86 valence electrons. The molecule has 0 bridgehead atoms. The molecule has 0 heterocycles. The summed E-state index contributed by atoms with van der Waals surface area (Å²) < 4.78 is 0. The molecular formula is C9H8BrClN2O3. The van der Waals surface area contributed by atoms with Gasteiger partial charge in [-0.1, -0.05) is 27.5 Å². The highest BCUT2D eigenvalue weighted by molar-refractivity contribution is 9.09. The average Bonchev–Trinajstić information content (AvgIpc) is 2.25. The molecule has 1 aromatic carbocycles. The maximum Gasteiger partial charge on any atom is 0.282 e. The topological polar surface area (TPSA) is 72.2 Å². The highest BCUT2D eigenvalue weighted by Crippen LogP contribution is 2.22. The van der Waals surface area contributed by atoms with Crippen molar-refractivity contribution in [1.29, 1.82) is 0 Å². The van der Waals surface area contributed by atoms with E-state index in [2.05, 4.69) is 21.2 Å². The summed E-state index contributed by atoms with van der Waals surface area (Å²) in [5.41, 5.74) is -0.282. The Balaban J connectivity index is 3.04. The first-order valence-corrected chi connectivity index (χ1v) is 5.84. The number of rotatable bonds is 4. The van der Waals surface area contributed by atoms with E-state index in [4.69, 9.17) is 11.6 Å². The van der Waals surface area contributed by atoms with Crippen LogP contribution in [0.15, 0.2) is 18.2 Å². The summed E-state index contributed by atoms with van der Waals surface area (Å²) in [7, 11) is 0. The standard InChI is InChI=1S/C9H8BrClN2O3/c10-3-4-12-9(14)7-5-6(11)1-2-8(7)13(15)16/h1-2,5H,3-4H2,(H,12,14). The minimum atomic E-state index is -0.612. The van der Waals surface area contributed by atoms with E-state index >= 15 is 0 Å². The Labute approximate surface area is 105 Å². The van der Waals surface area contributed by atoms with Crippen molar-refractivity contribution < 1.29 is 9.72 Å². The Morgan fingerprint density at radius 2 is 2.25 bits per heavy atom. The van der Waals surface area contributed by atoms with Crippen LogP contribution < -0.4 is 5.32 Å². The molecule has 0 radical (unpaired) electrons. The highest BCUT2D eigenvalue weighted by atomic mass is 79.9. The lowest BCUT2D eigenvalue weighted by atomic mass is 10.1. The van der Waals surface area contributed by atoms with Gasteiger partial charge in [0.05, 0.1) is 4.92 Å². The number of benzene rings is 1. The summed E-state index contributed by atoms with van der Waals surface area (Å²) in [5, 5.41) is 14.1. The number of nitrogens with one attached hydrogen (secondary N) is 1. The first kappa shape index (κ1) is 12.9. The second-order valence-corrected chi connectivity index (χ2v) is 4.09. The summed E-state index contributed by atoms with van der Waals surface area (Å²) in [4.78, 5) is 21.7. The van der Waals surface area contributed by atoms with Crippen LogP contribution in [0.25, 0.3) is 0 Å². The van der Waals surface area contributed by atoms with Crippen LogP contribution in [0.1, 0.15) is 10.4 Å². The molecule has 1 rings (SSSR count). The third-order valence-electron chi connectivity index (χ3n) is 1.78. The number of amides is 1. The number of hydrogen-bond donors (Lipinski definition) is 1. The van der Waals surface area contributed by atoms with Crippen molar-refractivity contribution in [3.05, 3.63) is 38.9 Å². The number of halogens is 2. The molecular weight excluding hydrogens is 299 g/mol. The Morgan fingerprint density at radius 1 is 1.56 bits per heavy atom. The van der Waals surface area contributed by atoms with Gasteiger partial charge in [-0.15, -0.1) is 0 Å². The van der Waals surface area contributed by atoms with Crippen LogP contribution in [-0.4, -0.2) is 22.7 Å². The molecule has 7 heteroatoms. The Morgan fingerprint density at radius 3 is 2.81 bits per heavy atom. The largest absolute Gasteiger partial charge is 0.351 e. The van der Waals surface area contributed by atoms with Crippen molar-refractivity contribution in [3.63, 3.8) is 0 Å². The number of hydrogen-bond acceptors (Lipinski definition) is 3. The summed E-state index contributed by atoms with van der Waals surface area (Å²) in [6, 6.07) is 3.87. The van der Waals surface area contributed by atoms with Gasteiger partial charge in [-0.05, 0) is 12.1 Å². The van der Waals surface area contributed by atoms with Crippen LogP contribution in [0.2, 0.25) is 5.02 Å². The fraction of sp³-hybridized carbons (Fsp3) is 0.222. The predicted octanol–water partition coefficient (Wildman–Crippen LogP) is 2.37. The van der Waals surface area contributed by atoms with Crippen molar-refractivity contribution in [3.8, 4) is 0 Å². The van der Waals surface area contributed by atoms with Crippen molar-refractivity contribution in [2.75, 3.05) is 11.9 Å². The Bertz CT molecular complexity index is 425. The Kier molecular flexibility index (Phi) is 4.70. The molecule has 1 N–H and O–H groups in total. The van der Waals surface area contributed by atoms with Crippen LogP contribution in [-0.2, 0) is 0 Å². The third-order valence-corrected chi connectivity index (χ3v) is 2.41. The molecule has 1 aromatic rings. The summed E-state index contributed by atoms with van der Waals surface area (Å²) in [5.74, 6) is -0.506. The van der Waals surface area contributed by atoms with Gasteiger partial charge in [0, 0.05) is 23.0 Å². The van der Waals surface area contributed by atoms with E-state index in [0.717, 1.165) is 0 Å². The van der Waals surface area contributed by atoms with E-state index in [-0.39, 0.29) is 16.3 Å². The van der Waals surface area contributed by atoms with E-state index in [9.17, 15) is 14.9 Å². The first-order valence-electron chi connectivity index (χ1n) is 4.34. The second-order valence-electron chi connectivity index (χ2n) is 2.86. The zero-order valence-electron chi connectivity index (χ0n) is 8.07. The lowest BCUT2D eigenvalue weighted by Crippen LogP contribution is -2.25. The van der Waals surface area contributed by atoms with Crippen LogP contribution in [0.4, 0.5) is 5.69 Å². The minimum Gasteiger partial charge on any atom is -0.351 e. The normalized spacial score (nSPS) is 9.88.